The number of nitrogens with zero attached hydrogens (tertiary/aromatic N) is 5. The number of tetrazole rings is 1. The van der Waals surface area contributed by atoms with E-state index in [2.05, 4.69) is 20.4 Å². The highest BCUT2D eigenvalue weighted by molar-refractivity contribution is 5.88. The largest absolute Gasteiger partial charge is 0.464 e. The molecule has 0 saturated heterocycles. The Morgan fingerprint density at radius 3 is 2.79 bits per heavy atom. The highest BCUT2D eigenvalue weighted by Gasteiger charge is 2.21. The van der Waals surface area contributed by atoms with Crippen molar-refractivity contribution in [2.45, 2.75) is 45.3 Å². The number of aromatic nitrogens is 5. The molecule has 0 unspecified atom stereocenters. The van der Waals surface area contributed by atoms with Gasteiger partial charge in [0.05, 0.1) is 19.8 Å². The number of aryl methyl sites for hydroxylation is 1. The average Bonchev–Trinajstić information content (AvgIpc) is 3.04. The van der Waals surface area contributed by atoms with Gasteiger partial charge in [-0.2, -0.15) is 4.80 Å². The minimum Gasteiger partial charge on any atom is -0.464 e. The van der Waals surface area contributed by atoms with Crippen molar-refractivity contribution in [1.82, 2.24) is 25.2 Å². The van der Waals surface area contributed by atoms with Crippen LogP contribution < -0.4 is 0 Å². The van der Waals surface area contributed by atoms with Crippen molar-refractivity contribution in [3.05, 3.63) is 23.5 Å². The van der Waals surface area contributed by atoms with Crippen LogP contribution in [0, 0.1) is 12.8 Å². The van der Waals surface area contributed by atoms with Gasteiger partial charge in [0.15, 0.2) is 0 Å². The number of rotatable bonds is 4. The molecule has 1 aliphatic rings. The third-order valence-electron chi connectivity index (χ3n) is 4.30. The molecule has 0 bridgehead atoms. The summed E-state index contributed by atoms with van der Waals surface area (Å²) in [6.45, 7) is 2.49. The quantitative estimate of drug-likeness (QED) is 0.844. The van der Waals surface area contributed by atoms with Gasteiger partial charge in [-0.15, -0.1) is 10.2 Å². The molecule has 0 aliphatic heterocycles. The SMILES string of the molecule is COC(=O)c1cc(-c2nnn(C[C@H]3CC[C@H](O)CC3)n2)cc(C)n1. The number of carbonyl (C=O) groups is 1. The molecule has 1 N–H and O–H groups in total. The highest BCUT2D eigenvalue weighted by atomic mass is 16.5. The zero-order valence-corrected chi connectivity index (χ0v) is 13.8. The van der Waals surface area contributed by atoms with Crippen LogP contribution in [0.4, 0.5) is 0 Å². The average molecular weight is 331 g/mol. The van der Waals surface area contributed by atoms with E-state index in [0.29, 0.717) is 29.5 Å². The highest BCUT2D eigenvalue weighted by Crippen LogP contribution is 2.25. The predicted octanol–water partition coefficient (Wildman–Crippen LogP) is 1.38. The third kappa shape index (κ3) is 3.76. The van der Waals surface area contributed by atoms with Crippen LogP contribution in [0.15, 0.2) is 12.1 Å². The lowest BCUT2D eigenvalue weighted by atomic mass is 9.88. The molecule has 3 rings (SSSR count). The lowest BCUT2D eigenvalue weighted by molar-refractivity contribution is 0.0594. The summed E-state index contributed by atoms with van der Waals surface area (Å²) >= 11 is 0. The van der Waals surface area contributed by atoms with Crippen molar-refractivity contribution in [3.8, 4) is 11.4 Å². The zero-order valence-electron chi connectivity index (χ0n) is 13.8. The first-order chi connectivity index (χ1) is 11.5. The van der Waals surface area contributed by atoms with Crippen molar-refractivity contribution in [3.63, 3.8) is 0 Å². The van der Waals surface area contributed by atoms with E-state index in [9.17, 15) is 9.90 Å². The van der Waals surface area contributed by atoms with E-state index in [1.54, 1.807) is 17.8 Å². The number of carbonyl (C=O) groups excluding carboxylic acids is 1. The molecule has 1 fully saturated rings. The molecule has 128 valence electrons. The molecular weight excluding hydrogens is 310 g/mol. The smallest absolute Gasteiger partial charge is 0.356 e. The van der Waals surface area contributed by atoms with Gasteiger partial charge in [0.25, 0.3) is 0 Å². The van der Waals surface area contributed by atoms with Crippen molar-refractivity contribution < 1.29 is 14.6 Å². The molecule has 24 heavy (non-hydrogen) atoms. The summed E-state index contributed by atoms with van der Waals surface area (Å²) in [7, 11) is 1.32. The second kappa shape index (κ2) is 7.04. The molecule has 0 atom stereocenters. The van der Waals surface area contributed by atoms with Crippen LogP contribution in [0.3, 0.4) is 0 Å². The summed E-state index contributed by atoms with van der Waals surface area (Å²) in [6, 6.07) is 3.42. The second-order valence-corrected chi connectivity index (χ2v) is 6.22. The third-order valence-corrected chi connectivity index (χ3v) is 4.30. The molecule has 8 heteroatoms. The summed E-state index contributed by atoms with van der Waals surface area (Å²) < 4.78 is 4.71. The van der Waals surface area contributed by atoms with Gasteiger partial charge in [0.1, 0.15) is 5.69 Å². The molecule has 2 aromatic rings. The molecular formula is C16H21N5O3. The Bertz CT molecular complexity index is 722. The Morgan fingerprint density at radius 1 is 1.33 bits per heavy atom. The van der Waals surface area contributed by atoms with Crippen molar-refractivity contribution in [2.24, 2.45) is 5.92 Å². The maximum atomic E-state index is 11.7. The summed E-state index contributed by atoms with van der Waals surface area (Å²) in [6.07, 6.45) is 3.44. The lowest BCUT2D eigenvalue weighted by Gasteiger charge is -2.24. The van der Waals surface area contributed by atoms with E-state index in [-0.39, 0.29) is 11.8 Å². The number of ether oxygens (including phenoxy) is 1. The van der Waals surface area contributed by atoms with Crippen LogP contribution in [0.25, 0.3) is 11.4 Å². The predicted molar refractivity (Wildman–Crippen MR) is 85.1 cm³/mol. The topological polar surface area (TPSA) is 103 Å². The monoisotopic (exact) mass is 331 g/mol. The van der Waals surface area contributed by atoms with E-state index < -0.39 is 5.97 Å². The number of pyridine rings is 1. The number of hydrogen-bond donors (Lipinski definition) is 1. The number of methoxy groups -OCH3 is 1. The molecule has 2 aromatic heterocycles. The van der Waals surface area contributed by atoms with E-state index in [4.69, 9.17) is 4.74 Å². The molecule has 0 aromatic carbocycles. The van der Waals surface area contributed by atoms with Gasteiger partial charge in [-0.25, -0.2) is 9.78 Å². The van der Waals surface area contributed by atoms with Gasteiger partial charge >= 0.3 is 5.97 Å². The molecule has 8 nitrogen and oxygen atoms in total. The summed E-state index contributed by atoms with van der Waals surface area (Å²) in [5.41, 5.74) is 1.60. The first-order valence-electron chi connectivity index (χ1n) is 8.08. The summed E-state index contributed by atoms with van der Waals surface area (Å²) in [5.74, 6) is 0.426. The molecule has 0 spiro atoms. The van der Waals surface area contributed by atoms with Gasteiger partial charge in [-0.3, -0.25) is 0 Å². The first kappa shape index (κ1) is 16.5. The number of hydrogen-bond acceptors (Lipinski definition) is 7. The van der Waals surface area contributed by atoms with Crippen LogP contribution in [0.1, 0.15) is 41.9 Å². The van der Waals surface area contributed by atoms with Crippen molar-refractivity contribution >= 4 is 5.97 Å². The second-order valence-electron chi connectivity index (χ2n) is 6.22. The normalized spacial score (nSPS) is 20.8. The first-order valence-corrected chi connectivity index (χ1v) is 8.08. The minimum absolute atomic E-state index is 0.169. The molecule has 1 saturated carbocycles. The van der Waals surface area contributed by atoms with Gasteiger partial charge in [0.2, 0.25) is 5.82 Å². The van der Waals surface area contributed by atoms with Gasteiger partial charge in [-0.1, -0.05) is 0 Å². The van der Waals surface area contributed by atoms with Crippen molar-refractivity contribution in [1.29, 1.82) is 0 Å². The van der Waals surface area contributed by atoms with Gasteiger partial charge < -0.3 is 9.84 Å². The fourth-order valence-electron chi connectivity index (χ4n) is 3.00. The van der Waals surface area contributed by atoms with Crippen LogP contribution in [-0.2, 0) is 11.3 Å². The standard InChI is InChI=1S/C16H21N5O3/c1-10-7-12(8-14(17-10)16(23)24-2)15-18-20-21(19-15)9-11-3-5-13(22)6-4-11/h7-8,11,13,22H,3-6,9H2,1-2H3/t11-,13-. The molecule has 2 heterocycles. The van der Waals surface area contributed by atoms with Crippen LogP contribution in [0.2, 0.25) is 0 Å². The Hall–Kier alpha value is -2.35. The molecule has 1 aliphatic carbocycles. The van der Waals surface area contributed by atoms with E-state index in [0.717, 1.165) is 25.7 Å². The number of aliphatic hydroxyl groups is 1. The van der Waals surface area contributed by atoms with Crippen LogP contribution in [0.5, 0.6) is 0 Å². The summed E-state index contributed by atoms with van der Waals surface area (Å²) in [4.78, 5) is 17.4. The Kier molecular flexibility index (Phi) is 4.84. The van der Waals surface area contributed by atoms with Crippen molar-refractivity contribution in [2.75, 3.05) is 7.11 Å². The van der Waals surface area contributed by atoms with Gasteiger partial charge in [-0.05, 0) is 55.9 Å². The lowest BCUT2D eigenvalue weighted by Crippen LogP contribution is -2.22. The fraction of sp³-hybridized carbons (Fsp3) is 0.562. The van der Waals surface area contributed by atoms with E-state index in [1.807, 2.05) is 6.07 Å². The molecule has 0 radical (unpaired) electrons. The van der Waals surface area contributed by atoms with E-state index >= 15 is 0 Å². The molecule has 0 amide bonds. The van der Waals surface area contributed by atoms with Crippen LogP contribution >= 0.6 is 0 Å². The maximum absolute atomic E-state index is 11.7. The van der Waals surface area contributed by atoms with E-state index in [1.165, 1.54) is 7.11 Å². The summed E-state index contributed by atoms with van der Waals surface area (Å²) in [5, 5.41) is 22.2. The maximum Gasteiger partial charge on any atom is 0.356 e. The number of aliphatic hydroxyl groups excluding tert-OH is 1. The Labute approximate surface area is 139 Å². The Balaban J connectivity index is 1.75. The Morgan fingerprint density at radius 2 is 2.08 bits per heavy atom. The zero-order chi connectivity index (χ0) is 17.1. The number of esters is 1. The minimum atomic E-state index is -0.492. The van der Waals surface area contributed by atoms with Gasteiger partial charge in [0, 0.05) is 11.3 Å². The van der Waals surface area contributed by atoms with Crippen LogP contribution in [-0.4, -0.2) is 49.5 Å². The fourth-order valence-corrected chi connectivity index (χ4v) is 3.00.